The quantitative estimate of drug-likeness (QED) is 0.776. The third-order valence-corrected chi connectivity index (χ3v) is 4.28. The lowest BCUT2D eigenvalue weighted by molar-refractivity contribution is -0.132. The van der Waals surface area contributed by atoms with Gasteiger partial charge in [-0.25, -0.2) is 8.78 Å². The van der Waals surface area contributed by atoms with Crippen LogP contribution in [0.4, 0.5) is 8.78 Å². The van der Waals surface area contributed by atoms with Crippen LogP contribution in [0.25, 0.3) is 0 Å². The first-order valence-corrected chi connectivity index (χ1v) is 8.19. The van der Waals surface area contributed by atoms with Crippen LogP contribution in [0.1, 0.15) is 36.0 Å². The molecule has 1 aromatic rings. The lowest BCUT2D eigenvalue weighted by Gasteiger charge is -2.31. The molecular formula is C17H23F2N3O2. The largest absolute Gasteiger partial charge is 0.352 e. The molecule has 2 N–H and O–H groups in total. The molecule has 2 amide bonds. The van der Waals surface area contributed by atoms with E-state index in [2.05, 4.69) is 10.6 Å². The second-order valence-corrected chi connectivity index (χ2v) is 5.93. The zero-order valence-corrected chi connectivity index (χ0v) is 13.8. The van der Waals surface area contributed by atoms with Crippen molar-refractivity contribution in [2.24, 2.45) is 0 Å². The maximum absolute atomic E-state index is 13.5. The zero-order chi connectivity index (χ0) is 17.5. The van der Waals surface area contributed by atoms with Gasteiger partial charge in [0.15, 0.2) is 0 Å². The van der Waals surface area contributed by atoms with Crippen molar-refractivity contribution >= 4 is 11.8 Å². The third kappa shape index (κ3) is 4.99. The van der Waals surface area contributed by atoms with Crippen molar-refractivity contribution in [1.29, 1.82) is 0 Å². The molecule has 5 nitrogen and oxygen atoms in total. The average molecular weight is 339 g/mol. The molecule has 0 aromatic heterocycles. The summed E-state index contributed by atoms with van der Waals surface area (Å²) in [6.07, 6.45) is 2.72. The Morgan fingerprint density at radius 1 is 1.25 bits per heavy atom. The van der Waals surface area contributed by atoms with E-state index in [1.165, 1.54) is 0 Å². The van der Waals surface area contributed by atoms with Gasteiger partial charge in [0, 0.05) is 38.2 Å². The van der Waals surface area contributed by atoms with E-state index in [0.29, 0.717) is 24.9 Å². The van der Waals surface area contributed by atoms with Crippen molar-refractivity contribution in [2.45, 2.75) is 31.7 Å². The van der Waals surface area contributed by atoms with E-state index in [4.69, 9.17) is 0 Å². The second-order valence-electron chi connectivity index (χ2n) is 5.93. The average Bonchev–Trinajstić information content (AvgIpc) is 2.58. The highest BCUT2D eigenvalue weighted by Gasteiger charge is 2.21. The van der Waals surface area contributed by atoms with Crippen molar-refractivity contribution in [3.8, 4) is 0 Å². The molecule has 1 saturated heterocycles. The number of benzene rings is 1. The number of hydrogen-bond acceptors (Lipinski definition) is 3. The number of likely N-dealkylation sites (tertiary alicyclic amines) is 1. The van der Waals surface area contributed by atoms with Gasteiger partial charge in [0.05, 0.1) is 5.56 Å². The van der Waals surface area contributed by atoms with Crippen LogP contribution < -0.4 is 10.6 Å². The molecule has 132 valence electrons. The summed E-state index contributed by atoms with van der Waals surface area (Å²) in [5.41, 5.74) is -0.197. The van der Waals surface area contributed by atoms with E-state index in [0.717, 1.165) is 38.1 Å². The van der Waals surface area contributed by atoms with Crippen molar-refractivity contribution < 1.29 is 18.4 Å². The molecule has 7 heteroatoms. The molecule has 1 aliphatic rings. The summed E-state index contributed by atoms with van der Waals surface area (Å²) in [6, 6.07) is 3.29. The van der Waals surface area contributed by atoms with E-state index in [9.17, 15) is 18.4 Å². The molecular weight excluding hydrogens is 316 g/mol. The first-order valence-electron chi connectivity index (χ1n) is 8.19. The smallest absolute Gasteiger partial charge is 0.254 e. The maximum atomic E-state index is 13.5. The Bertz CT molecular complexity index is 587. The van der Waals surface area contributed by atoms with Gasteiger partial charge in [-0.3, -0.25) is 9.59 Å². The second kappa shape index (κ2) is 8.73. The monoisotopic (exact) mass is 339 g/mol. The van der Waals surface area contributed by atoms with E-state index in [1.54, 1.807) is 0 Å². The number of hydrogen-bond donors (Lipinski definition) is 2. The van der Waals surface area contributed by atoms with E-state index in [-0.39, 0.29) is 18.0 Å². The van der Waals surface area contributed by atoms with Gasteiger partial charge in [0.2, 0.25) is 5.91 Å². The van der Waals surface area contributed by atoms with Gasteiger partial charge in [0.25, 0.3) is 5.91 Å². The normalized spacial score (nSPS) is 15.4. The first-order chi connectivity index (χ1) is 11.5. The molecule has 1 aromatic carbocycles. The minimum atomic E-state index is -0.893. The fourth-order valence-corrected chi connectivity index (χ4v) is 2.79. The summed E-state index contributed by atoms with van der Waals surface area (Å²) in [5, 5.41) is 5.76. The molecule has 24 heavy (non-hydrogen) atoms. The van der Waals surface area contributed by atoms with E-state index < -0.39 is 17.5 Å². The summed E-state index contributed by atoms with van der Waals surface area (Å²) in [4.78, 5) is 25.7. The molecule has 1 aliphatic heterocycles. The number of rotatable bonds is 6. The summed E-state index contributed by atoms with van der Waals surface area (Å²) in [7, 11) is 1.93. The number of carbonyl (C=O) groups is 2. The molecule has 0 spiro atoms. The number of nitrogens with one attached hydrogen (secondary N) is 2. The fourth-order valence-electron chi connectivity index (χ4n) is 2.79. The van der Waals surface area contributed by atoms with Crippen LogP contribution in [-0.2, 0) is 4.79 Å². The molecule has 1 fully saturated rings. The fraction of sp³-hybridized carbons (Fsp3) is 0.529. The molecule has 0 atom stereocenters. The third-order valence-electron chi connectivity index (χ3n) is 4.28. The summed E-state index contributed by atoms with van der Waals surface area (Å²) >= 11 is 0. The zero-order valence-electron chi connectivity index (χ0n) is 13.8. The van der Waals surface area contributed by atoms with Gasteiger partial charge in [-0.15, -0.1) is 0 Å². The SMILES string of the molecule is CNC1CCN(C(=O)CCCNC(=O)c2ccc(F)cc2F)CC1. The van der Waals surface area contributed by atoms with Gasteiger partial charge >= 0.3 is 0 Å². The van der Waals surface area contributed by atoms with Crippen LogP contribution in [0.3, 0.4) is 0 Å². The predicted molar refractivity (Wildman–Crippen MR) is 86.6 cm³/mol. The summed E-state index contributed by atoms with van der Waals surface area (Å²) in [6.45, 7) is 1.77. The van der Waals surface area contributed by atoms with Crippen LogP contribution in [0.15, 0.2) is 18.2 Å². The maximum Gasteiger partial charge on any atom is 0.254 e. The van der Waals surface area contributed by atoms with Crippen LogP contribution >= 0.6 is 0 Å². The van der Waals surface area contributed by atoms with Crippen LogP contribution in [0, 0.1) is 11.6 Å². The van der Waals surface area contributed by atoms with Gasteiger partial charge in [0.1, 0.15) is 11.6 Å². The molecule has 1 heterocycles. The Hall–Kier alpha value is -2.02. The molecule has 0 unspecified atom stereocenters. The highest BCUT2D eigenvalue weighted by atomic mass is 19.1. The molecule has 0 radical (unpaired) electrons. The highest BCUT2D eigenvalue weighted by Crippen LogP contribution is 2.12. The van der Waals surface area contributed by atoms with Crippen LogP contribution in [0.2, 0.25) is 0 Å². The number of amides is 2. The van der Waals surface area contributed by atoms with Crippen molar-refractivity contribution in [3.63, 3.8) is 0 Å². The Kier molecular flexibility index (Phi) is 6.66. The van der Waals surface area contributed by atoms with Crippen molar-refractivity contribution in [1.82, 2.24) is 15.5 Å². The standard InChI is InChI=1S/C17H23F2N3O2/c1-20-13-6-9-22(10-7-13)16(23)3-2-8-21-17(24)14-5-4-12(18)11-15(14)19/h4-5,11,13,20H,2-3,6-10H2,1H3,(H,21,24). The molecule has 0 saturated carbocycles. The Balaban J connectivity index is 1.69. The molecule has 0 aliphatic carbocycles. The van der Waals surface area contributed by atoms with Crippen LogP contribution in [0.5, 0.6) is 0 Å². The van der Waals surface area contributed by atoms with Gasteiger partial charge < -0.3 is 15.5 Å². The number of piperidine rings is 1. The van der Waals surface area contributed by atoms with Crippen molar-refractivity contribution in [3.05, 3.63) is 35.4 Å². The molecule has 2 rings (SSSR count). The highest BCUT2D eigenvalue weighted by molar-refractivity contribution is 5.94. The van der Waals surface area contributed by atoms with E-state index in [1.807, 2.05) is 11.9 Å². The first kappa shape index (κ1) is 18.3. The number of halogens is 2. The number of carbonyl (C=O) groups excluding carboxylic acids is 2. The minimum absolute atomic E-state index is 0.0757. The Morgan fingerprint density at radius 3 is 2.58 bits per heavy atom. The minimum Gasteiger partial charge on any atom is -0.352 e. The predicted octanol–water partition coefficient (Wildman–Crippen LogP) is 1.69. The summed E-state index contributed by atoms with van der Waals surface area (Å²) in [5.74, 6) is -2.14. The van der Waals surface area contributed by atoms with Gasteiger partial charge in [-0.05, 0) is 38.4 Å². The Morgan fingerprint density at radius 2 is 1.96 bits per heavy atom. The lowest BCUT2D eigenvalue weighted by atomic mass is 10.0. The summed E-state index contributed by atoms with van der Waals surface area (Å²) < 4.78 is 26.3. The Labute approximate surface area is 140 Å². The van der Waals surface area contributed by atoms with Crippen LogP contribution in [-0.4, -0.2) is 49.4 Å². The van der Waals surface area contributed by atoms with Gasteiger partial charge in [-0.1, -0.05) is 0 Å². The topological polar surface area (TPSA) is 61.4 Å². The number of nitrogens with zero attached hydrogens (tertiary/aromatic N) is 1. The molecule has 0 bridgehead atoms. The van der Waals surface area contributed by atoms with Crippen molar-refractivity contribution in [2.75, 3.05) is 26.7 Å². The van der Waals surface area contributed by atoms with E-state index >= 15 is 0 Å². The lowest BCUT2D eigenvalue weighted by Crippen LogP contribution is -2.44. The van der Waals surface area contributed by atoms with Gasteiger partial charge in [-0.2, -0.15) is 0 Å².